The summed E-state index contributed by atoms with van der Waals surface area (Å²) in [5.41, 5.74) is 7.92. The first-order valence-electron chi connectivity index (χ1n) is 5.74. The van der Waals surface area contributed by atoms with Gasteiger partial charge in [-0.1, -0.05) is 30.3 Å². The molecule has 1 heterocycles. The van der Waals surface area contributed by atoms with E-state index < -0.39 is 0 Å². The fraction of sp³-hybridized carbons (Fsp3) is 0.308. The Morgan fingerprint density at radius 3 is 2.76 bits per heavy atom. The number of aryl methyl sites for hydroxylation is 1. The van der Waals surface area contributed by atoms with Crippen molar-refractivity contribution in [3.05, 3.63) is 46.5 Å². The molecule has 3 nitrogen and oxygen atoms in total. The van der Waals surface area contributed by atoms with Gasteiger partial charge in [0.25, 0.3) is 0 Å². The van der Waals surface area contributed by atoms with Crippen molar-refractivity contribution in [2.75, 3.05) is 11.9 Å². The second-order valence-corrected chi connectivity index (χ2v) is 4.99. The number of hydrogen-bond acceptors (Lipinski definition) is 4. The Morgan fingerprint density at radius 1 is 1.29 bits per heavy atom. The number of nitrogens with one attached hydrogen (secondary N) is 1. The highest BCUT2D eigenvalue weighted by atomic mass is 32.1. The molecule has 1 aromatic carbocycles. The van der Waals surface area contributed by atoms with Crippen LogP contribution in [-0.4, -0.2) is 11.5 Å². The van der Waals surface area contributed by atoms with Gasteiger partial charge in [0, 0.05) is 11.4 Å². The summed E-state index contributed by atoms with van der Waals surface area (Å²) in [5.74, 6) is 0. The molecular formula is C13H17N3S. The second-order valence-electron chi connectivity index (χ2n) is 3.91. The molecule has 0 aliphatic heterocycles. The minimum absolute atomic E-state index is 0.682. The smallest absolute Gasteiger partial charge is 0.183 e. The van der Waals surface area contributed by atoms with Crippen LogP contribution in [0.25, 0.3) is 0 Å². The first kappa shape index (κ1) is 12.1. The van der Waals surface area contributed by atoms with Crippen molar-refractivity contribution >= 4 is 16.5 Å². The van der Waals surface area contributed by atoms with Crippen LogP contribution in [0.2, 0.25) is 0 Å². The highest BCUT2D eigenvalue weighted by molar-refractivity contribution is 7.15. The summed E-state index contributed by atoms with van der Waals surface area (Å²) in [6.45, 7) is 3.53. The second kappa shape index (κ2) is 5.80. The quantitative estimate of drug-likeness (QED) is 0.853. The molecular weight excluding hydrogens is 230 g/mol. The van der Waals surface area contributed by atoms with Crippen LogP contribution < -0.4 is 11.1 Å². The van der Waals surface area contributed by atoms with Gasteiger partial charge in [-0.3, -0.25) is 0 Å². The Labute approximate surface area is 106 Å². The predicted molar refractivity (Wildman–Crippen MR) is 73.4 cm³/mol. The summed E-state index contributed by atoms with van der Waals surface area (Å²) in [7, 11) is 0. The van der Waals surface area contributed by atoms with Crippen molar-refractivity contribution < 1.29 is 0 Å². The maximum atomic E-state index is 5.56. The Kier molecular flexibility index (Phi) is 4.12. The van der Waals surface area contributed by atoms with E-state index in [1.54, 1.807) is 11.3 Å². The molecule has 0 aliphatic rings. The minimum atomic E-state index is 0.682. The van der Waals surface area contributed by atoms with Gasteiger partial charge in [0.1, 0.15) is 0 Å². The van der Waals surface area contributed by atoms with E-state index >= 15 is 0 Å². The molecule has 0 bridgehead atoms. The fourth-order valence-electron chi connectivity index (χ4n) is 1.64. The SMILES string of the molecule is Cc1nc(NCc2ccccc2)sc1CCN. The number of benzene rings is 1. The highest BCUT2D eigenvalue weighted by Crippen LogP contribution is 2.23. The standard InChI is InChI=1S/C13H17N3S/c1-10-12(7-8-14)17-13(16-10)15-9-11-5-3-2-4-6-11/h2-6H,7-9,14H2,1H3,(H,15,16). The minimum Gasteiger partial charge on any atom is -0.357 e. The number of anilines is 1. The Hall–Kier alpha value is -1.39. The lowest BCUT2D eigenvalue weighted by Crippen LogP contribution is -2.01. The summed E-state index contributed by atoms with van der Waals surface area (Å²) < 4.78 is 0. The van der Waals surface area contributed by atoms with Gasteiger partial charge in [0.15, 0.2) is 5.13 Å². The van der Waals surface area contributed by atoms with Crippen LogP contribution in [0.4, 0.5) is 5.13 Å². The van der Waals surface area contributed by atoms with E-state index in [0.29, 0.717) is 6.54 Å². The average Bonchev–Trinajstić information content (AvgIpc) is 2.70. The number of thiazole rings is 1. The molecule has 0 aliphatic carbocycles. The zero-order valence-corrected chi connectivity index (χ0v) is 10.8. The van der Waals surface area contributed by atoms with E-state index in [4.69, 9.17) is 5.73 Å². The van der Waals surface area contributed by atoms with Crippen LogP contribution in [0.5, 0.6) is 0 Å². The third-order valence-corrected chi connectivity index (χ3v) is 3.73. The van der Waals surface area contributed by atoms with Crippen molar-refractivity contribution in [3.63, 3.8) is 0 Å². The lowest BCUT2D eigenvalue weighted by atomic mass is 10.2. The Balaban J connectivity index is 1.97. The zero-order chi connectivity index (χ0) is 12.1. The number of nitrogens with zero attached hydrogens (tertiary/aromatic N) is 1. The average molecular weight is 247 g/mol. The van der Waals surface area contributed by atoms with Gasteiger partial charge in [0.05, 0.1) is 5.69 Å². The van der Waals surface area contributed by atoms with Gasteiger partial charge in [-0.15, -0.1) is 11.3 Å². The molecule has 0 amide bonds. The van der Waals surface area contributed by atoms with Crippen molar-refractivity contribution in [2.24, 2.45) is 5.73 Å². The van der Waals surface area contributed by atoms with Crippen LogP contribution in [0.3, 0.4) is 0 Å². The molecule has 3 N–H and O–H groups in total. The summed E-state index contributed by atoms with van der Waals surface area (Å²) >= 11 is 1.70. The van der Waals surface area contributed by atoms with Gasteiger partial charge in [0.2, 0.25) is 0 Å². The van der Waals surface area contributed by atoms with Gasteiger partial charge >= 0.3 is 0 Å². The normalized spacial score (nSPS) is 10.5. The molecule has 0 atom stereocenters. The Morgan fingerprint density at radius 2 is 2.06 bits per heavy atom. The Bertz CT molecular complexity index is 465. The number of rotatable bonds is 5. The van der Waals surface area contributed by atoms with Crippen LogP contribution in [0, 0.1) is 6.92 Å². The first-order valence-corrected chi connectivity index (χ1v) is 6.55. The van der Waals surface area contributed by atoms with Gasteiger partial charge in [-0.25, -0.2) is 4.98 Å². The van der Waals surface area contributed by atoms with E-state index in [9.17, 15) is 0 Å². The van der Waals surface area contributed by atoms with E-state index in [1.165, 1.54) is 10.4 Å². The van der Waals surface area contributed by atoms with E-state index in [2.05, 4.69) is 22.4 Å². The summed E-state index contributed by atoms with van der Waals surface area (Å²) in [4.78, 5) is 5.78. The van der Waals surface area contributed by atoms with Crippen LogP contribution in [0.1, 0.15) is 16.1 Å². The molecule has 2 rings (SSSR count). The maximum Gasteiger partial charge on any atom is 0.183 e. The van der Waals surface area contributed by atoms with Crippen molar-refractivity contribution in [2.45, 2.75) is 19.9 Å². The van der Waals surface area contributed by atoms with Gasteiger partial charge in [-0.2, -0.15) is 0 Å². The van der Waals surface area contributed by atoms with Gasteiger partial charge in [-0.05, 0) is 25.5 Å². The lowest BCUT2D eigenvalue weighted by molar-refractivity contribution is 0.969. The number of hydrogen-bond donors (Lipinski definition) is 2. The molecule has 90 valence electrons. The van der Waals surface area contributed by atoms with Crippen molar-refractivity contribution in [1.29, 1.82) is 0 Å². The molecule has 4 heteroatoms. The topological polar surface area (TPSA) is 50.9 Å². The molecule has 1 aromatic heterocycles. The summed E-state index contributed by atoms with van der Waals surface area (Å²) in [6, 6.07) is 10.3. The molecule has 0 spiro atoms. The fourth-order valence-corrected chi connectivity index (χ4v) is 2.61. The zero-order valence-electron chi connectivity index (χ0n) is 9.94. The van der Waals surface area contributed by atoms with E-state index in [1.807, 2.05) is 25.1 Å². The molecule has 0 radical (unpaired) electrons. The molecule has 0 fully saturated rings. The van der Waals surface area contributed by atoms with E-state index in [-0.39, 0.29) is 0 Å². The summed E-state index contributed by atoms with van der Waals surface area (Å²) in [6.07, 6.45) is 0.913. The number of aromatic nitrogens is 1. The van der Waals surface area contributed by atoms with Gasteiger partial charge < -0.3 is 11.1 Å². The monoisotopic (exact) mass is 247 g/mol. The number of nitrogens with two attached hydrogens (primary N) is 1. The molecule has 17 heavy (non-hydrogen) atoms. The maximum absolute atomic E-state index is 5.56. The third kappa shape index (κ3) is 3.28. The molecule has 0 saturated carbocycles. The molecule has 2 aromatic rings. The lowest BCUT2D eigenvalue weighted by Gasteiger charge is -2.01. The third-order valence-electron chi connectivity index (χ3n) is 2.55. The predicted octanol–water partition coefficient (Wildman–Crippen LogP) is 2.56. The largest absolute Gasteiger partial charge is 0.357 e. The van der Waals surface area contributed by atoms with E-state index in [0.717, 1.165) is 23.8 Å². The molecule has 0 saturated heterocycles. The van der Waals surface area contributed by atoms with Crippen LogP contribution in [-0.2, 0) is 13.0 Å². The molecule has 0 unspecified atom stereocenters. The first-order chi connectivity index (χ1) is 8.29. The van der Waals surface area contributed by atoms with Crippen molar-refractivity contribution in [3.8, 4) is 0 Å². The summed E-state index contributed by atoms with van der Waals surface area (Å²) in [5, 5.41) is 4.33. The van der Waals surface area contributed by atoms with Crippen LogP contribution in [0.15, 0.2) is 30.3 Å². The van der Waals surface area contributed by atoms with Crippen molar-refractivity contribution in [1.82, 2.24) is 4.98 Å². The highest BCUT2D eigenvalue weighted by Gasteiger charge is 2.06. The van der Waals surface area contributed by atoms with Crippen LogP contribution >= 0.6 is 11.3 Å².